The fourth-order valence-electron chi connectivity index (χ4n) is 3.54. The largest absolute Gasteiger partial charge is 0.423 e. The van der Waals surface area contributed by atoms with E-state index in [2.05, 4.69) is 10.3 Å². The summed E-state index contributed by atoms with van der Waals surface area (Å²) in [5, 5.41) is 8.06. The molecule has 1 atom stereocenters. The van der Waals surface area contributed by atoms with E-state index in [1.54, 1.807) is 12.1 Å². The molecule has 0 radical (unpaired) electrons. The minimum absolute atomic E-state index is 0.0640. The lowest BCUT2D eigenvalue weighted by Crippen LogP contribution is -2.44. The van der Waals surface area contributed by atoms with Gasteiger partial charge in [-0.1, -0.05) is 24.3 Å². The van der Waals surface area contributed by atoms with Crippen molar-refractivity contribution in [2.24, 2.45) is 5.14 Å². The number of carbonyl (C=O) groups is 1. The Bertz CT molecular complexity index is 1090. The molecule has 0 spiro atoms. The second kappa shape index (κ2) is 7.84. The first-order valence-electron chi connectivity index (χ1n) is 9.43. The van der Waals surface area contributed by atoms with E-state index in [1.165, 1.54) is 12.1 Å². The Morgan fingerprint density at radius 2 is 1.97 bits per heavy atom. The molecule has 1 amide bonds. The monoisotopic (exact) mass is 414 g/mol. The number of anilines is 1. The average molecular weight is 414 g/mol. The van der Waals surface area contributed by atoms with Crippen molar-refractivity contribution in [1.82, 2.24) is 10.3 Å². The van der Waals surface area contributed by atoms with E-state index < -0.39 is 10.0 Å². The summed E-state index contributed by atoms with van der Waals surface area (Å²) in [4.78, 5) is 19.2. The molecule has 1 saturated heterocycles. The Kier molecular flexibility index (Phi) is 5.25. The fraction of sp³-hybridized carbons (Fsp3) is 0.300. The molecule has 2 aromatic carbocycles. The number of hydrogen-bond acceptors (Lipinski definition) is 6. The third kappa shape index (κ3) is 4.25. The highest BCUT2D eigenvalue weighted by atomic mass is 32.2. The van der Waals surface area contributed by atoms with Gasteiger partial charge in [-0.3, -0.25) is 4.79 Å². The molecule has 1 aliphatic heterocycles. The van der Waals surface area contributed by atoms with Crippen molar-refractivity contribution in [3.63, 3.8) is 0 Å². The molecule has 1 aliphatic rings. The quantitative estimate of drug-likeness (QED) is 0.635. The average Bonchev–Trinajstić information content (AvgIpc) is 3.34. The van der Waals surface area contributed by atoms with Crippen molar-refractivity contribution >= 4 is 33.0 Å². The van der Waals surface area contributed by atoms with Crippen LogP contribution in [-0.2, 0) is 21.2 Å². The predicted molar refractivity (Wildman–Crippen MR) is 109 cm³/mol. The zero-order valence-corrected chi connectivity index (χ0v) is 16.6. The molecular weight excluding hydrogens is 392 g/mol. The van der Waals surface area contributed by atoms with Crippen molar-refractivity contribution in [1.29, 1.82) is 0 Å². The molecular formula is C20H22N4O4S. The summed E-state index contributed by atoms with van der Waals surface area (Å²) in [6, 6.07) is 14.0. The molecule has 1 fully saturated rings. The van der Waals surface area contributed by atoms with Gasteiger partial charge in [-0.2, -0.15) is 4.98 Å². The van der Waals surface area contributed by atoms with Gasteiger partial charge in [0.2, 0.25) is 15.9 Å². The molecule has 2 heterocycles. The van der Waals surface area contributed by atoms with Crippen LogP contribution in [0.3, 0.4) is 0 Å². The van der Waals surface area contributed by atoms with E-state index in [-0.39, 0.29) is 16.8 Å². The zero-order chi connectivity index (χ0) is 20.4. The first-order valence-corrected chi connectivity index (χ1v) is 11.0. The van der Waals surface area contributed by atoms with Crippen LogP contribution in [0.1, 0.15) is 18.4 Å². The van der Waals surface area contributed by atoms with E-state index in [1.807, 2.05) is 29.2 Å². The van der Waals surface area contributed by atoms with E-state index in [9.17, 15) is 13.2 Å². The number of hydrogen-bond donors (Lipinski definition) is 2. The number of benzene rings is 2. The Morgan fingerprint density at radius 1 is 1.21 bits per heavy atom. The van der Waals surface area contributed by atoms with Gasteiger partial charge in [0.25, 0.3) is 6.01 Å². The predicted octanol–water partition coefficient (Wildman–Crippen LogP) is 1.80. The number of rotatable bonds is 6. The number of nitrogens with one attached hydrogen (secondary N) is 1. The Labute approximate surface area is 168 Å². The second-order valence-corrected chi connectivity index (χ2v) is 8.61. The van der Waals surface area contributed by atoms with Crippen molar-refractivity contribution in [3.05, 3.63) is 54.1 Å². The molecule has 9 heteroatoms. The van der Waals surface area contributed by atoms with Gasteiger partial charge in [-0.25, -0.2) is 13.6 Å². The fourth-order valence-corrected chi connectivity index (χ4v) is 4.06. The third-order valence-electron chi connectivity index (χ3n) is 5.05. The van der Waals surface area contributed by atoms with Gasteiger partial charge in [0, 0.05) is 13.1 Å². The highest BCUT2D eigenvalue weighted by Crippen LogP contribution is 2.28. The molecule has 4 rings (SSSR count). The molecule has 29 heavy (non-hydrogen) atoms. The zero-order valence-electron chi connectivity index (χ0n) is 15.7. The van der Waals surface area contributed by atoms with Crippen LogP contribution in [0.2, 0.25) is 0 Å². The molecule has 3 aromatic rings. The topological polar surface area (TPSA) is 119 Å². The van der Waals surface area contributed by atoms with Crippen molar-refractivity contribution < 1.29 is 17.6 Å². The molecule has 0 saturated carbocycles. The van der Waals surface area contributed by atoms with E-state index in [4.69, 9.17) is 9.56 Å². The SMILES string of the molecule is NS(=O)(=O)c1ccc(CCNC(=O)[C@@H]2CCCN2c2nc3ccccc3o2)cc1. The molecule has 1 aromatic heterocycles. The minimum Gasteiger partial charge on any atom is -0.423 e. The molecule has 8 nitrogen and oxygen atoms in total. The highest BCUT2D eigenvalue weighted by molar-refractivity contribution is 7.89. The maximum Gasteiger partial charge on any atom is 0.299 e. The minimum atomic E-state index is -3.70. The van der Waals surface area contributed by atoms with Crippen molar-refractivity contribution in [3.8, 4) is 0 Å². The number of para-hydroxylation sites is 2. The van der Waals surface area contributed by atoms with Crippen LogP contribution < -0.4 is 15.4 Å². The summed E-state index contributed by atoms with van der Waals surface area (Å²) in [6.45, 7) is 1.17. The van der Waals surface area contributed by atoms with E-state index in [0.717, 1.165) is 30.5 Å². The highest BCUT2D eigenvalue weighted by Gasteiger charge is 2.33. The number of primary sulfonamides is 1. The van der Waals surface area contributed by atoms with Crippen molar-refractivity contribution in [2.75, 3.05) is 18.0 Å². The molecule has 3 N–H and O–H groups in total. The Hall–Kier alpha value is -2.91. The number of sulfonamides is 1. The van der Waals surface area contributed by atoms with Crippen LogP contribution in [0.15, 0.2) is 57.8 Å². The smallest absolute Gasteiger partial charge is 0.299 e. The normalized spacial score (nSPS) is 17.0. The van der Waals surface area contributed by atoms with Crippen LogP contribution in [0, 0.1) is 0 Å². The van der Waals surface area contributed by atoms with Crippen molar-refractivity contribution in [2.45, 2.75) is 30.2 Å². The number of nitrogens with zero attached hydrogens (tertiary/aromatic N) is 2. The van der Waals surface area contributed by atoms with Crippen LogP contribution in [0.5, 0.6) is 0 Å². The van der Waals surface area contributed by atoms with Gasteiger partial charge < -0.3 is 14.6 Å². The summed E-state index contributed by atoms with van der Waals surface area (Å²) >= 11 is 0. The summed E-state index contributed by atoms with van der Waals surface area (Å²) in [6.07, 6.45) is 2.23. The number of amides is 1. The molecule has 0 unspecified atom stereocenters. The van der Waals surface area contributed by atoms with Gasteiger partial charge in [0.15, 0.2) is 5.58 Å². The maximum absolute atomic E-state index is 12.7. The lowest BCUT2D eigenvalue weighted by molar-refractivity contribution is -0.122. The van der Waals surface area contributed by atoms with Crippen LogP contribution in [0.4, 0.5) is 6.01 Å². The number of carbonyl (C=O) groups excluding carboxylic acids is 1. The van der Waals surface area contributed by atoms with Crippen LogP contribution in [-0.4, -0.2) is 38.4 Å². The lowest BCUT2D eigenvalue weighted by atomic mass is 10.1. The third-order valence-corrected chi connectivity index (χ3v) is 5.98. The summed E-state index contributed by atoms with van der Waals surface area (Å²) in [5.41, 5.74) is 2.40. The number of aromatic nitrogens is 1. The van der Waals surface area contributed by atoms with Crippen LogP contribution in [0.25, 0.3) is 11.1 Å². The summed E-state index contributed by atoms with van der Waals surface area (Å²) < 4.78 is 28.4. The van der Waals surface area contributed by atoms with Gasteiger partial charge in [0.1, 0.15) is 11.6 Å². The first kappa shape index (κ1) is 19.4. The molecule has 152 valence electrons. The van der Waals surface area contributed by atoms with E-state index in [0.29, 0.717) is 24.6 Å². The number of nitrogens with two attached hydrogens (primary N) is 1. The number of fused-ring (bicyclic) bond motifs is 1. The Morgan fingerprint density at radius 3 is 2.69 bits per heavy atom. The Balaban J connectivity index is 1.36. The first-order chi connectivity index (χ1) is 13.9. The van der Waals surface area contributed by atoms with Gasteiger partial charge in [0.05, 0.1) is 4.90 Å². The standard InChI is InChI=1S/C20H22N4O4S/c21-29(26,27)15-9-7-14(8-10-15)11-12-22-19(25)17-5-3-13-24(17)20-23-16-4-1-2-6-18(16)28-20/h1-2,4,6-10,17H,3,5,11-13H2,(H,22,25)(H2,21,26,27)/t17-/m0/s1. The summed E-state index contributed by atoms with van der Waals surface area (Å²) in [7, 11) is -3.70. The summed E-state index contributed by atoms with van der Waals surface area (Å²) in [5.74, 6) is -0.0640. The van der Waals surface area contributed by atoms with E-state index >= 15 is 0 Å². The molecule has 0 aliphatic carbocycles. The number of oxazole rings is 1. The second-order valence-electron chi connectivity index (χ2n) is 7.05. The van der Waals surface area contributed by atoms with Gasteiger partial charge in [-0.15, -0.1) is 0 Å². The van der Waals surface area contributed by atoms with Gasteiger partial charge in [-0.05, 0) is 49.1 Å². The van der Waals surface area contributed by atoms with Crippen LogP contribution >= 0.6 is 0 Å². The maximum atomic E-state index is 12.7. The lowest BCUT2D eigenvalue weighted by Gasteiger charge is -2.22. The van der Waals surface area contributed by atoms with Gasteiger partial charge >= 0.3 is 0 Å². The molecule has 0 bridgehead atoms.